The van der Waals surface area contributed by atoms with Crippen molar-refractivity contribution in [3.63, 3.8) is 0 Å². The Morgan fingerprint density at radius 1 is 0.963 bits per heavy atom. The third kappa shape index (κ3) is 4.32. The van der Waals surface area contributed by atoms with Gasteiger partial charge in [0.1, 0.15) is 0 Å². The van der Waals surface area contributed by atoms with E-state index in [2.05, 4.69) is 14.4 Å². The first-order valence-corrected chi connectivity index (χ1v) is 10.1. The van der Waals surface area contributed by atoms with Crippen LogP contribution in [0.2, 0.25) is 0 Å². The number of piperidine rings is 1. The average Bonchev–Trinajstić information content (AvgIpc) is 3.07. The van der Waals surface area contributed by atoms with E-state index in [9.17, 15) is 13.2 Å². The first-order chi connectivity index (χ1) is 13.0. The number of piperazine rings is 1. The van der Waals surface area contributed by atoms with Gasteiger partial charge in [-0.1, -0.05) is 6.42 Å². The van der Waals surface area contributed by atoms with Crippen LogP contribution in [0.5, 0.6) is 0 Å². The highest BCUT2D eigenvalue weighted by Gasteiger charge is 2.30. The van der Waals surface area contributed by atoms with E-state index in [1.54, 1.807) is 12.1 Å². The molecular weight excluding hydrogens is 351 g/mol. The van der Waals surface area contributed by atoms with Crippen LogP contribution >= 0.6 is 0 Å². The Hall–Kier alpha value is -1.53. The van der Waals surface area contributed by atoms with Crippen LogP contribution in [-0.2, 0) is 12.7 Å². The molecule has 0 spiro atoms. The predicted octanol–water partition coefficient (Wildman–Crippen LogP) is 4.61. The van der Waals surface area contributed by atoms with Crippen LogP contribution in [0.4, 0.5) is 13.2 Å². The van der Waals surface area contributed by atoms with Crippen LogP contribution in [0.3, 0.4) is 0 Å². The summed E-state index contributed by atoms with van der Waals surface area (Å²) in [6, 6.07) is 6.56. The van der Waals surface area contributed by atoms with Gasteiger partial charge in [0.25, 0.3) is 0 Å². The van der Waals surface area contributed by atoms with Gasteiger partial charge in [-0.25, -0.2) is 0 Å². The van der Waals surface area contributed by atoms with E-state index in [0.29, 0.717) is 5.39 Å². The van der Waals surface area contributed by atoms with Crippen molar-refractivity contribution in [2.24, 2.45) is 0 Å². The maximum Gasteiger partial charge on any atom is 0.416 e. The zero-order valence-corrected chi connectivity index (χ0v) is 15.7. The molecule has 2 fully saturated rings. The average molecular weight is 379 g/mol. The number of fused-ring (bicyclic) bond motifs is 2. The second kappa shape index (κ2) is 7.84. The fourth-order valence-electron chi connectivity index (χ4n) is 4.61. The summed E-state index contributed by atoms with van der Waals surface area (Å²) in [5, 5.41) is 0.665. The molecule has 2 saturated heterocycles. The zero-order chi connectivity index (χ0) is 18.9. The Morgan fingerprint density at radius 2 is 1.81 bits per heavy atom. The predicted molar refractivity (Wildman–Crippen MR) is 102 cm³/mol. The van der Waals surface area contributed by atoms with Crippen molar-refractivity contribution in [2.45, 2.75) is 50.9 Å². The van der Waals surface area contributed by atoms with E-state index in [-0.39, 0.29) is 0 Å². The molecule has 148 valence electrons. The third-order valence-electron chi connectivity index (χ3n) is 6.14. The van der Waals surface area contributed by atoms with Gasteiger partial charge < -0.3 is 9.47 Å². The molecule has 1 aromatic heterocycles. The second-order valence-electron chi connectivity index (χ2n) is 7.97. The van der Waals surface area contributed by atoms with Gasteiger partial charge in [0.2, 0.25) is 0 Å². The molecule has 2 aliphatic heterocycles. The van der Waals surface area contributed by atoms with Crippen LogP contribution in [0.1, 0.15) is 37.7 Å². The quantitative estimate of drug-likeness (QED) is 0.703. The number of hydrogen-bond donors (Lipinski definition) is 0. The smallest absolute Gasteiger partial charge is 0.347 e. The van der Waals surface area contributed by atoms with Crippen LogP contribution < -0.4 is 0 Å². The van der Waals surface area contributed by atoms with Crippen molar-refractivity contribution in [3.8, 4) is 0 Å². The number of halogens is 3. The molecule has 2 aromatic rings. The minimum atomic E-state index is -4.28. The van der Waals surface area contributed by atoms with Gasteiger partial charge in [-0.3, -0.25) is 4.90 Å². The van der Waals surface area contributed by atoms with Crippen LogP contribution in [0.25, 0.3) is 10.9 Å². The van der Waals surface area contributed by atoms with Crippen LogP contribution in [-0.4, -0.2) is 53.1 Å². The molecule has 3 nitrogen and oxygen atoms in total. The minimum Gasteiger partial charge on any atom is -0.347 e. The Labute approximate surface area is 158 Å². The van der Waals surface area contributed by atoms with E-state index in [0.717, 1.165) is 37.5 Å². The summed E-state index contributed by atoms with van der Waals surface area (Å²) in [6.45, 7) is 6.83. The summed E-state index contributed by atoms with van der Waals surface area (Å²) in [7, 11) is 0. The maximum atomic E-state index is 12.8. The molecule has 6 heteroatoms. The first kappa shape index (κ1) is 18.8. The molecule has 1 atom stereocenters. The molecule has 0 aliphatic carbocycles. The molecule has 1 aromatic carbocycles. The van der Waals surface area contributed by atoms with Gasteiger partial charge in [0, 0.05) is 49.3 Å². The topological polar surface area (TPSA) is 11.4 Å². The lowest BCUT2D eigenvalue weighted by Gasteiger charge is -2.44. The lowest BCUT2D eigenvalue weighted by Crippen LogP contribution is -2.54. The van der Waals surface area contributed by atoms with E-state index >= 15 is 0 Å². The Bertz CT molecular complexity index is 768. The summed E-state index contributed by atoms with van der Waals surface area (Å²) >= 11 is 0. The number of aryl methyl sites for hydroxylation is 1. The Balaban J connectivity index is 1.27. The molecule has 0 radical (unpaired) electrons. The van der Waals surface area contributed by atoms with Crippen molar-refractivity contribution in [2.75, 3.05) is 32.7 Å². The number of nitrogens with zero attached hydrogens (tertiary/aromatic N) is 3. The monoisotopic (exact) mass is 379 g/mol. The van der Waals surface area contributed by atoms with E-state index in [4.69, 9.17) is 0 Å². The molecule has 0 saturated carbocycles. The number of hydrogen-bond acceptors (Lipinski definition) is 2. The van der Waals surface area contributed by atoms with Gasteiger partial charge >= 0.3 is 6.18 Å². The summed E-state index contributed by atoms with van der Waals surface area (Å²) in [6.07, 6.45) is 3.87. The Kier molecular flexibility index (Phi) is 5.46. The van der Waals surface area contributed by atoms with Gasteiger partial charge in [-0.2, -0.15) is 13.2 Å². The fraction of sp³-hybridized carbons (Fsp3) is 0.619. The summed E-state index contributed by atoms with van der Waals surface area (Å²) in [5.41, 5.74) is 0.313. The molecule has 2 aliphatic rings. The summed E-state index contributed by atoms with van der Waals surface area (Å²) in [5.74, 6) is 0. The lowest BCUT2D eigenvalue weighted by atomic mass is 9.99. The normalized spacial score (nSPS) is 22.3. The highest BCUT2D eigenvalue weighted by molar-refractivity contribution is 5.81. The third-order valence-corrected chi connectivity index (χ3v) is 6.14. The molecule has 27 heavy (non-hydrogen) atoms. The summed E-state index contributed by atoms with van der Waals surface area (Å²) in [4.78, 5) is 5.25. The maximum absolute atomic E-state index is 12.8. The SMILES string of the molecule is FC(F)(F)c1ccc2c(ccn2CCCCN2CCN3CCCCC3C2)c1. The molecule has 3 heterocycles. The molecule has 0 N–H and O–H groups in total. The number of unbranched alkanes of at least 4 members (excludes halogenated alkanes) is 1. The van der Waals surface area contributed by atoms with E-state index in [1.807, 2.05) is 6.20 Å². The highest BCUT2D eigenvalue weighted by atomic mass is 19.4. The lowest BCUT2D eigenvalue weighted by molar-refractivity contribution is -0.137. The number of rotatable bonds is 5. The molecule has 4 rings (SSSR count). The molecular formula is C21H28F3N3. The zero-order valence-electron chi connectivity index (χ0n) is 15.7. The summed E-state index contributed by atoms with van der Waals surface area (Å²) < 4.78 is 40.6. The van der Waals surface area contributed by atoms with Crippen molar-refractivity contribution in [3.05, 3.63) is 36.0 Å². The van der Waals surface area contributed by atoms with E-state index < -0.39 is 11.7 Å². The number of benzene rings is 1. The minimum absolute atomic E-state index is 0.574. The van der Waals surface area contributed by atoms with Crippen molar-refractivity contribution < 1.29 is 13.2 Å². The highest BCUT2D eigenvalue weighted by Crippen LogP contribution is 2.31. The van der Waals surface area contributed by atoms with Crippen molar-refractivity contribution in [1.82, 2.24) is 14.4 Å². The van der Waals surface area contributed by atoms with Gasteiger partial charge in [0.15, 0.2) is 0 Å². The fourth-order valence-corrected chi connectivity index (χ4v) is 4.61. The van der Waals surface area contributed by atoms with Crippen LogP contribution in [0, 0.1) is 0 Å². The Morgan fingerprint density at radius 3 is 2.67 bits per heavy atom. The first-order valence-electron chi connectivity index (χ1n) is 10.1. The standard InChI is InChI=1S/C21H28F3N3/c22-21(23,24)18-6-7-20-17(15-18)8-12-27(20)11-4-3-9-25-13-14-26-10-2-1-5-19(26)16-25/h6-8,12,15,19H,1-5,9-11,13-14,16H2. The second-order valence-corrected chi connectivity index (χ2v) is 7.97. The number of alkyl halides is 3. The van der Waals surface area contributed by atoms with Crippen LogP contribution in [0.15, 0.2) is 30.5 Å². The van der Waals surface area contributed by atoms with Gasteiger partial charge in [0.05, 0.1) is 5.56 Å². The van der Waals surface area contributed by atoms with Gasteiger partial charge in [-0.15, -0.1) is 0 Å². The largest absolute Gasteiger partial charge is 0.416 e. The van der Waals surface area contributed by atoms with Crippen molar-refractivity contribution in [1.29, 1.82) is 0 Å². The van der Waals surface area contributed by atoms with Gasteiger partial charge in [-0.05, 0) is 63.0 Å². The molecule has 0 amide bonds. The molecule has 0 bridgehead atoms. The molecule has 1 unspecified atom stereocenters. The number of aromatic nitrogens is 1. The van der Waals surface area contributed by atoms with E-state index in [1.165, 1.54) is 57.6 Å². The van der Waals surface area contributed by atoms with Crippen molar-refractivity contribution >= 4 is 10.9 Å².